The summed E-state index contributed by atoms with van der Waals surface area (Å²) in [5.41, 5.74) is 0.631. The van der Waals surface area contributed by atoms with Crippen molar-refractivity contribution in [3.05, 3.63) is 45.9 Å². The van der Waals surface area contributed by atoms with Crippen molar-refractivity contribution in [1.29, 1.82) is 0 Å². The zero-order valence-corrected chi connectivity index (χ0v) is 12.7. The van der Waals surface area contributed by atoms with E-state index in [-0.39, 0.29) is 16.7 Å². The summed E-state index contributed by atoms with van der Waals surface area (Å²) in [5.74, 6) is -0.555. The molecule has 1 aliphatic heterocycles. The average Bonchev–Trinajstić information content (AvgIpc) is 2.57. The van der Waals surface area contributed by atoms with Crippen molar-refractivity contribution >= 4 is 23.5 Å². The molecule has 0 unspecified atom stereocenters. The standard InChI is InChI=1S/C16H17N3O4/c1-11(16(21)22)10-12-14(18-6-8-23-9-7-18)17-13-4-2-3-5-19(13)15(12)20/h2-5,10H,6-9H2,1H3,(H,21,22)/b11-10+. The average molecular weight is 315 g/mol. The van der Waals surface area contributed by atoms with Crippen LogP contribution < -0.4 is 10.5 Å². The highest BCUT2D eigenvalue weighted by Crippen LogP contribution is 2.20. The molecule has 2 aromatic heterocycles. The molecule has 1 saturated heterocycles. The van der Waals surface area contributed by atoms with Gasteiger partial charge in [-0.3, -0.25) is 9.20 Å². The van der Waals surface area contributed by atoms with Gasteiger partial charge in [0.2, 0.25) is 0 Å². The van der Waals surface area contributed by atoms with Crippen LogP contribution in [0.1, 0.15) is 12.5 Å². The van der Waals surface area contributed by atoms with E-state index in [4.69, 9.17) is 9.84 Å². The van der Waals surface area contributed by atoms with Crippen LogP contribution in [0.3, 0.4) is 0 Å². The molecule has 1 aliphatic rings. The molecule has 0 amide bonds. The van der Waals surface area contributed by atoms with Crippen molar-refractivity contribution in [1.82, 2.24) is 9.38 Å². The third kappa shape index (κ3) is 2.95. The van der Waals surface area contributed by atoms with Crippen molar-refractivity contribution in [2.75, 3.05) is 31.2 Å². The van der Waals surface area contributed by atoms with Gasteiger partial charge in [-0.15, -0.1) is 0 Å². The maximum absolute atomic E-state index is 12.8. The Labute approximate surface area is 132 Å². The fraction of sp³-hybridized carbons (Fsp3) is 0.312. The lowest BCUT2D eigenvalue weighted by molar-refractivity contribution is -0.132. The molecule has 7 heteroatoms. The number of ether oxygens (including phenoxy) is 1. The van der Waals surface area contributed by atoms with Crippen molar-refractivity contribution in [3.63, 3.8) is 0 Å². The Morgan fingerprint density at radius 3 is 2.78 bits per heavy atom. The van der Waals surface area contributed by atoms with Gasteiger partial charge in [-0.2, -0.15) is 0 Å². The molecule has 0 atom stereocenters. The Kier molecular flexibility index (Phi) is 4.12. The molecule has 0 spiro atoms. The summed E-state index contributed by atoms with van der Waals surface area (Å²) in [6.45, 7) is 3.79. The quantitative estimate of drug-likeness (QED) is 0.851. The zero-order chi connectivity index (χ0) is 16.4. The summed E-state index contributed by atoms with van der Waals surface area (Å²) in [6.07, 6.45) is 3.02. The zero-order valence-electron chi connectivity index (χ0n) is 12.7. The van der Waals surface area contributed by atoms with Crippen LogP contribution in [-0.4, -0.2) is 46.8 Å². The number of morpholine rings is 1. The number of rotatable bonds is 3. The number of nitrogens with zero attached hydrogens (tertiary/aromatic N) is 3. The first kappa shape index (κ1) is 15.2. The smallest absolute Gasteiger partial charge is 0.331 e. The van der Waals surface area contributed by atoms with E-state index in [1.165, 1.54) is 17.4 Å². The van der Waals surface area contributed by atoms with Crippen molar-refractivity contribution in [2.45, 2.75) is 6.92 Å². The van der Waals surface area contributed by atoms with Gasteiger partial charge in [0, 0.05) is 24.9 Å². The molecule has 3 rings (SSSR count). The Bertz CT molecular complexity index is 835. The second kappa shape index (κ2) is 6.21. The van der Waals surface area contributed by atoms with Gasteiger partial charge in [-0.1, -0.05) is 6.07 Å². The number of hydrogen-bond acceptors (Lipinski definition) is 5. The van der Waals surface area contributed by atoms with E-state index in [9.17, 15) is 9.59 Å². The van der Waals surface area contributed by atoms with Crippen LogP contribution in [0.5, 0.6) is 0 Å². The van der Waals surface area contributed by atoms with Gasteiger partial charge in [0.15, 0.2) is 0 Å². The maximum atomic E-state index is 12.8. The summed E-state index contributed by atoms with van der Waals surface area (Å²) in [7, 11) is 0. The Morgan fingerprint density at radius 1 is 1.35 bits per heavy atom. The van der Waals surface area contributed by atoms with Crippen molar-refractivity contribution in [3.8, 4) is 0 Å². The number of fused-ring (bicyclic) bond motifs is 1. The first-order valence-electron chi connectivity index (χ1n) is 7.33. The van der Waals surface area contributed by atoms with Crippen LogP contribution in [0.4, 0.5) is 5.82 Å². The predicted octanol–water partition coefficient (Wildman–Crippen LogP) is 1.02. The third-order valence-corrected chi connectivity index (χ3v) is 3.76. The molecule has 7 nitrogen and oxygen atoms in total. The van der Waals surface area contributed by atoms with Crippen molar-refractivity contribution < 1.29 is 14.6 Å². The van der Waals surface area contributed by atoms with E-state index < -0.39 is 5.97 Å². The third-order valence-electron chi connectivity index (χ3n) is 3.76. The largest absolute Gasteiger partial charge is 0.478 e. The normalized spacial score (nSPS) is 15.9. The van der Waals surface area contributed by atoms with Crippen LogP contribution >= 0.6 is 0 Å². The molecule has 1 fully saturated rings. The SMILES string of the molecule is C/C(=C\c1c(N2CCOCC2)nc2ccccn2c1=O)C(=O)O. The van der Waals surface area contributed by atoms with E-state index in [1.807, 2.05) is 11.0 Å². The maximum Gasteiger partial charge on any atom is 0.331 e. The van der Waals surface area contributed by atoms with E-state index in [2.05, 4.69) is 4.98 Å². The van der Waals surface area contributed by atoms with Crippen LogP contribution in [0.25, 0.3) is 11.7 Å². The van der Waals surface area contributed by atoms with Crippen LogP contribution in [-0.2, 0) is 9.53 Å². The molecule has 0 radical (unpaired) electrons. The van der Waals surface area contributed by atoms with Gasteiger partial charge in [0.25, 0.3) is 5.56 Å². The molecule has 0 bridgehead atoms. The lowest BCUT2D eigenvalue weighted by atomic mass is 10.1. The molecule has 0 saturated carbocycles. The number of anilines is 1. The van der Waals surface area contributed by atoms with Gasteiger partial charge in [-0.25, -0.2) is 9.78 Å². The number of hydrogen-bond donors (Lipinski definition) is 1. The van der Waals surface area contributed by atoms with E-state index in [0.717, 1.165) is 0 Å². The van der Waals surface area contributed by atoms with Gasteiger partial charge in [-0.05, 0) is 25.1 Å². The first-order valence-corrected chi connectivity index (χ1v) is 7.33. The van der Waals surface area contributed by atoms with Crippen LogP contribution in [0.15, 0.2) is 34.8 Å². The van der Waals surface area contributed by atoms with Crippen LogP contribution in [0.2, 0.25) is 0 Å². The summed E-state index contributed by atoms with van der Waals surface area (Å²) in [6, 6.07) is 5.30. The molecule has 0 aliphatic carbocycles. The molecular formula is C16H17N3O4. The molecule has 3 heterocycles. The molecular weight excluding hydrogens is 298 g/mol. The fourth-order valence-corrected chi connectivity index (χ4v) is 2.51. The number of aliphatic carboxylic acids is 1. The molecule has 2 aromatic rings. The van der Waals surface area contributed by atoms with E-state index in [0.29, 0.717) is 37.8 Å². The highest BCUT2D eigenvalue weighted by molar-refractivity contribution is 5.92. The molecule has 1 N–H and O–H groups in total. The summed E-state index contributed by atoms with van der Waals surface area (Å²) in [5, 5.41) is 9.12. The van der Waals surface area contributed by atoms with Gasteiger partial charge < -0.3 is 14.7 Å². The summed E-state index contributed by atoms with van der Waals surface area (Å²) >= 11 is 0. The highest BCUT2D eigenvalue weighted by Gasteiger charge is 2.20. The van der Waals surface area contributed by atoms with Gasteiger partial charge in [0.05, 0.1) is 18.8 Å². The summed E-state index contributed by atoms with van der Waals surface area (Å²) < 4.78 is 6.76. The van der Waals surface area contributed by atoms with Gasteiger partial charge in [0.1, 0.15) is 11.5 Å². The number of carboxylic acids is 1. The van der Waals surface area contributed by atoms with E-state index >= 15 is 0 Å². The number of carboxylic acid groups (broad SMARTS) is 1. The minimum atomic E-state index is -1.06. The topological polar surface area (TPSA) is 84.1 Å². The number of pyridine rings is 1. The Balaban J connectivity index is 2.24. The number of aromatic nitrogens is 2. The monoisotopic (exact) mass is 315 g/mol. The lowest BCUT2D eigenvalue weighted by Gasteiger charge is -2.29. The minimum Gasteiger partial charge on any atom is -0.478 e. The first-order chi connectivity index (χ1) is 11.1. The van der Waals surface area contributed by atoms with Gasteiger partial charge >= 0.3 is 5.97 Å². The second-order valence-corrected chi connectivity index (χ2v) is 5.32. The molecule has 120 valence electrons. The fourth-order valence-electron chi connectivity index (χ4n) is 2.51. The Hall–Kier alpha value is -2.67. The lowest BCUT2D eigenvalue weighted by Crippen LogP contribution is -2.38. The van der Waals surface area contributed by atoms with E-state index in [1.54, 1.807) is 18.3 Å². The van der Waals surface area contributed by atoms with Crippen molar-refractivity contribution in [2.24, 2.45) is 0 Å². The Morgan fingerprint density at radius 2 is 2.09 bits per heavy atom. The number of carbonyl (C=O) groups is 1. The predicted molar refractivity (Wildman–Crippen MR) is 85.8 cm³/mol. The summed E-state index contributed by atoms with van der Waals surface area (Å²) in [4.78, 5) is 30.4. The second-order valence-electron chi connectivity index (χ2n) is 5.32. The molecule has 0 aromatic carbocycles. The van der Waals surface area contributed by atoms with Crippen LogP contribution in [0, 0.1) is 0 Å². The highest BCUT2D eigenvalue weighted by atomic mass is 16.5. The molecule has 23 heavy (non-hydrogen) atoms. The minimum absolute atomic E-state index is 0.0919.